The number of morpholine rings is 1. The van der Waals surface area contributed by atoms with Gasteiger partial charge in [0.2, 0.25) is 5.91 Å². The van der Waals surface area contributed by atoms with Gasteiger partial charge in [0.1, 0.15) is 6.61 Å². The molecule has 0 bridgehead atoms. The number of hydrogen-bond donors (Lipinski definition) is 2. The summed E-state index contributed by atoms with van der Waals surface area (Å²) < 4.78 is 5.59. The minimum atomic E-state index is -0.753. The lowest BCUT2D eigenvalue weighted by atomic mass is 9.94. The van der Waals surface area contributed by atoms with Crippen LogP contribution in [0.5, 0.6) is 0 Å². The van der Waals surface area contributed by atoms with E-state index in [-0.39, 0.29) is 18.4 Å². The number of ether oxygens (including phenoxy) is 1. The molecule has 1 aromatic heterocycles. The van der Waals surface area contributed by atoms with Crippen LogP contribution in [0.3, 0.4) is 0 Å². The number of carbonyl (C=O) groups excluding carboxylic acids is 2. The van der Waals surface area contributed by atoms with Gasteiger partial charge in [-0.1, -0.05) is 24.3 Å². The number of benzene rings is 1. The summed E-state index contributed by atoms with van der Waals surface area (Å²) >= 11 is 0. The van der Waals surface area contributed by atoms with Gasteiger partial charge in [-0.2, -0.15) is 5.10 Å². The topological polar surface area (TPSA) is 87.3 Å². The van der Waals surface area contributed by atoms with E-state index in [1.54, 1.807) is 24.2 Å². The molecule has 2 unspecified atom stereocenters. The van der Waals surface area contributed by atoms with Gasteiger partial charge in [0, 0.05) is 13.2 Å². The van der Waals surface area contributed by atoms with E-state index in [4.69, 9.17) is 4.74 Å². The number of rotatable bonds is 4. The Morgan fingerprint density at radius 3 is 2.92 bits per heavy atom. The van der Waals surface area contributed by atoms with Crippen molar-refractivity contribution in [1.29, 1.82) is 0 Å². The van der Waals surface area contributed by atoms with Crippen LogP contribution in [-0.4, -0.2) is 46.7 Å². The molecule has 1 aliphatic rings. The Morgan fingerprint density at radius 1 is 1.42 bits per heavy atom. The number of carbonyl (C=O) groups is 2. The largest absolute Gasteiger partial charge is 0.356 e. The van der Waals surface area contributed by atoms with Crippen molar-refractivity contribution in [2.75, 3.05) is 13.7 Å². The van der Waals surface area contributed by atoms with Gasteiger partial charge in [-0.05, 0) is 24.1 Å². The Morgan fingerprint density at radius 2 is 2.21 bits per heavy atom. The summed E-state index contributed by atoms with van der Waals surface area (Å²) in [6, 6.07) is 9.05. The quantitative estimate of drug-likeness (QED) is 0.874. The monoisotopic (exact) mass is 328 g/mol. The molecule has 1 fully saturated rings. The number of nitrogens with one attached hydrogen (secondary N) is 2. The van der Waals surface area contributed by atoms with Crippen molar-refractivity contribution in [1.82, 2.24) is 20.4 Å². The Hall–Kier alpha value is -2.67. The summed E-state index contributed by atoms with van der Waals surface area (Å²) in [4.78, 5) is 26.3. The molecule has 1 saturated heterocycles. The summed E-state index contributed by atoms with van der Waals surface area (Å²) in [7, 11) is 1.71. The average Bonchev–Trinajstić information content (AvgIpc) is 3.09. The summed E-state index contributed by atoms with van der Waals surface area (Å²) in [5.74, 6) is -0.391. The number of amides is 2. The van der Waals surface area contributed by atoms with E-state index in [1.165, 1.54) is 0 Å². The fourth-order valence-corrected chi connectivity index (χ4v) is 2.89. The molecule has 3 rings (SSSR count). The van der Waals surface area contributed by atoms with Gasteiger partial charge in [0.25, 0.3) is 5.91 Å². The number of likely N-dealkylation sites (N-methyl/N-ethyl adjacent to an activating group) is 1. The Balaban J connectivity index is 1.82. The van der Waals surface area contributed by atoms with Crippen LogP contribution in [0.15, 0.2) is 36.5 Å². The minimum Gasteiger partial charge on any atom is -0.356 e. The first-order valence-corrected chi connectivity index (χ1v) is 7.76. The van der Waals surface area contributed by atoms with Gasteiger partial charge >= 0.3 is 0 Å². The minimum absolute atomic E-state index is 0.0962. The van der Waals surface area contributed by atoms with Gasteiger partial charge in [0.15, 0.2) is 6.10 Å². The maximum Gasteiger partial charge on any atom is 0.252 e. The molecular weight excluding hydrogens is 308 g/mol. The lowest BCUT2D eigenvalue weighted by Gasteiger charge is -2.38. The molecule has 2 amide bonds. The van der Waals surface area contributed by atoms with Crippen molar-refractivity contribution in [2.45, 2.75) is 25.6 Å². The molecule has 7 nitrogen and oxygen atoms in total. The molecule has 7 heteroatoms. The highest BCUT2D eigenvalue weighted by atomic mass is 16.5. The van der Waals surface area contributed by atoms with Crippen molar-refractivity contribution < 1.29 is 14.3 Å². The van der Waals surface area contributed by atoms with Crippen molar-refractivity contribution in [2.24, 2.45) is 0 Å². The van der Waals surface area contributed by atoms with E-state index in [0.717, 1.165) is 16.8 Å². The lowest BCUT2D eigenvalue weighted by Crippen LogP contribution is -2.53. The van der Waals surface area contributed by atoms with E-state index in [1.807, 2.05) is 31.2 Å². The first-order valence-electron chi connectivity index (χ1n) is 7.76. The van der Waals surface area contributed by atoms with Gasteiger partial charge in [-0.15, -0.1) is 0 Å². The van der Waals surface area contributed by atoms with E-state index in [0.29, 0.717) is 6.54 Å². The number of H-pyrrole nitrogens is 1. The predicted molar refractivity (Wildman–Crippen MR) is 86.9 cm³/mol. The second-order valence-corrected chi connectivity index (χ2v) is 5.84. The summed E-state index contributed by atoms with van der Waals surface area (Å²) in [5.41, 5.74) is 2.73. The average molecular weight is 328 g/mol. The normalized spacial score (nSPS) is 20.9. The molecule has 2 heterocycles. The number of hydrogen-bond acceptors (Lipinski definition) is 4. The highest BCUT2D eigenvalue weighted by Gasteiger charge is 2.40. The zero-order valence-electron chi connectivity index (χ0n) is 13.7. The second kappa shape index (κ2) is 6.84. The Labute approximate surface area is 140 Å². The first-order chi connectivity index (χ1) is 11.6. The van der Waals surface area contributed by atoms with Crippen LogP contribution in [0.2, 0.25) is 0 Å². The molecule has 0 aliphatic carbocycles. The third-order valence-electron chi connectivity index (χ3n) is 4.26. The molecular formula is C17H20N4O3. The van der Waals surface area contributed by atoms with Gasteiger partial charge in [-0.25, -0.2) is 0 Å². The van der Waals surface area contributed by atoms with E-state index in [2.05, 4.69) is 15.5 Å². The molecule has 0 saturated carbocycles. The number of aryl methyl sites for hydroxylation is 1. The van der Waals surface area contributed by atoms with Crippen LogP contribution in [-0.2, 0) is 20.9 Å². The van der Waals surface area contributed by atoms with Gasteiger partial charge < -0.3 is 15.0 Å². The lowest BCUT2D eigenvalue weighted by molar-refractivity contribution is -0.162. The SMILES string of the molecule is Cc1ccccc1C1C(C(=O)NCc2ccn[nH]2)OCC(=O)N1C. The van der Waals surface area contributed by atoms with Crippen LogP contribution >= 0.6 is 0 Å². The van der Waals surface area contributed by atoms with Crippen molar-refractivity contribution >= 4 is 11.8 Å². The van der Waals surface area contributed by atoms with Gasteiger partial charge in [-0.3, -0.25) is 14.7 Å². The summed E-state index contributed by atoms with van der Waals surface area (Å²) in [6.45, 7) is 2.19. The Bertz CT molecular complexity index is 729. The van der Waals surface area contributed by atoms with E-state index < -0.39 is 12.1 Å². The number of aromatic amines is 1. The zero-order valence-corrected chi connectivity index (χ0v) is 13.7. The van der Waals surface area contributed by atoms with Crippen molar-refractivity contribution in [3.05, 3.63) is 53.3 Å². The zero-order chi connectivity index (χ0) is 17.1. The number of nitrogens with zero attached hydrogens (tertiary/aromatic N) is 2. The van der Waals surface area contributed by atoms with Crippen LogP contribution in [0, 0.1) is 6.92 Å². The molecule has 2 aromatic rings. The van der Waals surface area contributed by atoms with Crippen LogP contribution < -0.4 is 5.32 Å². The maximum atomic E-state index is 12.6. The van der Waals surface area contributed by atoms with Gasteiger partial charge in [0.05, 0.1) is 18.3 Å². The molecule has 0 spiro atoms. The van der Waals surface area contributed by atoms with Crippen LogP contribution in [0.4, 0.5) is 0 Å². The third kappa shape index (κ3) is 3.16. The van der Waals surface area contributed by atoms with E-state index in [9.17, 15) is 9.59 Å². The third-order valence-corrected chi connectivity index (χ3v) is 4.26. The van der Waals surface area contributed by atoms with Crippen molar-refractivity contribution in [3.63, 3.8) is 0 Å². The summed E-state index contributed by atoms with van der Waals surface area (Å²) in [5, 5.41) is 9.48. The number of aromatic nitrogens is 2. The molecule has 126 valence electrons. The molecule has 2 N–H and O–H groups in total. The standard InChI is InChI=1S/C17H20N4O3/c1-11-5-3-4-6-13(11)15-16(24-10-14(22)21(15)2)17(23)18-9-12-7-8-19-20-12/h3-8,15-16H,9-10H2,1-2H3,(H,18,23)(H,19,20). The maximum absolute atomic E-state index is 12.6. The Kier molecular flexibility index (Phi) is 4.61. The molecule has 24 heavy (non-hydrogen) atoms. The molecule has 2 atom stereocenters. The predicted octanol–water partition coefficient (Wildman–Crippen LogP) is 0.933. The summed E-state index contributed by atoms with van der Waals surface area (Å²) in [6.07, 6.45) is 0.873. The first kappa shape index (κ1) is 16.2. The molecule has 1 aromatic carbocycles. The van der Waals surface area contributed by atoms with Crippen LogP contribution in [0.1, 0.15) is 22.9 Å². The highest BCUT2D eigenvalue weighted by molar-refractivity contribution is 5.86. The van der Waals surface area contributed by atoms with Crippen molar-refractivity contribution in [3.8, 4) is 0 Å². The smallest absolute Gasteiger partial charge is 0.252 e. The second-order valence-electron chi connectivity index (χ2n) is 5.84. The molecule has 1 aliphatic heterocycles. The van der Waals surface area contributed by atoms with E-state index >= 15 is 0 Å². The highest BCUT2D eigenvalue weighted by Crippen LogP contribution is 2.31. The fourth-order valence-electron chi connectivity index (χ4n) is 2.89. The van der Waals surface area contributed by atoms with Crippen LogP contribution in [0.25, 0.3) is 0 Å². The molecule has 0 radical (unpaired) electrons. The fraction of sp³-hybridized carbons (Fsp3) is 0.353.